The van der Waals surface area contributed by atoms with Gasteiger partial charge in [0.2, 0.25) is 15.9 Å². The van der Waals surface area contributed by atoms with Crippen molar-refractivity contribution in [2.45, 2.75) is 31.7 Å². The SMILES string of the molecule is CCOc1ccc(S(=O)(=O)NCC(=O)N(C)C(C)CN)cc1OCC.Cl. The zero-order chi connectivity index (χ0) is 19.0. The highest BCUT2D eigenvalue weighted by atomic mass is 35.5. The number of carbonyl (C=O) groups is 1. The Kier molecular flexibility index (Phi) is 10.6. The Morgan fingerprint density at radius 3 is 2.35 bits per heavy atom. The van der Waals surface area contributed by atoms with Crippen LogP contribution in [0.4, 0.5) is 0 Å². The van der Waals surface area contributed by atoms with Gasteiger partial charge in [0.1, 0.15) is 0 Å². The van der Waals surface area contributed by atoms with Crippen molar-refractivity contribution in [3.05, 3.63) is 18.2 Å². The Morgan fingerprint density at radius 1 is 1.23 bits per heavy atom. The van der Waals surface area contributed by atoms with Crippen molar-refractivity contribution in [2.24, 2.45) is 5.73 Å². The summed E-state index contributed by atoms with van der Waals surface area (Å²) in [6.45, 7) is 6.16. The predicted octanol–water partition coefficient (Wildman–Crippen LogP) is 0.990. The molecule has 0 spiro atoms. The summed E-state index contributed by atoms with van der Waals surface area (Å²) in [7, 11) is -2.28. The molecule has 1 aromatic rings. The number of hydrogen-bond donors (Lipinski definition) is 2. The third-order valence-corrected chi connectivity index (χ3v) is 5.03. The maximum atomic E-state index is 12.4. The molecule has 8 nitrogen and oxygen atoms in total. The Morgan fingerprint density at radius 2 is 1.81 bits per heavy atom. The van der Waals surface area contributed by atoms with Gasteiger partial charge in [-0.05, 0) is 32.9 Å². The van der Waals surface area contributed by atoms with Gasteiger partial charge in [-0.3, -0.25) is 4.79 Å². The van der Waals surface area contributed by atoms with E-state index >= 15 is 0 Å². The van der Waals surface area contributed by atoms with E-state index in [1.165, 1.54) is 23.1 Å². The number of likely N-dealkylation sites (N-methyl/N-ethyl adjacent to an activating group) is 1. The second kappa shape index (κ2) is 11.2. The van der Waals surface area contributed by atoms with E-state index in [0.717, 1.165) is 0 Å². The summed E-state index contributed by atoms with van der Waals surface area (Å²) in [5.41, 5.74) is 5.51. The van der Waals surface area contributed by atoms with Gasteiger partial charge in [-0.1, -0.05) is 0 Å². The molecule has 10 heteroatoms. The fraction of sp³-hybridized carbons (Fsp3) is 0.562. The fourth-order valence-electron chi connectivity index (χ4n) is 1.97. The topological polar surface area (TPSA) is 111 Å². The number of amides is 1. The van der Waals surface area contributed by atoms with E-state index in [-0.39, 0.29) is 35.8 Å². The highest BCUT2D eigenvalue weighted by molar-refractivity contribution is 7.89. The second-order valence-corrected chi connectivity index (χ2v) is 7.16. The minimum atomic E-state index is -3.86. The molecule has 0 aromatic heterocycles. The molecular weight excluding hydrogens is 382 g/mol. The number of halogens is 1. The summed E-state index contributed by atoms with van der Waals surface area (Å²) in [6, 6.07) is 4.15. The lowest BCUT2D eigenvalue weighted by atomic mass is 10.3. The molecular formula is C16H28ClN3O5S. The molecule has 0 fully saturated rings. The van der Waals surface area contributed by atoms with Gasteiger partial charge in [-0.15, -0.1) is 12.4 Å². The van der Waals surface area contributed by atoms with E-state index in [1.54, 1.807) is 20.9 Å². The van der Waals surface area contributed by atoms with Crippen LogP contribution in [0, 0.1) is 0 Å². The van der Waals surface area contributed by atoms with Gasteiger partial charge in [0.05, 0.1) is 24.7 Å². The first-order chi connectivity index (χ1) is 11.8. The Labute approximate surface area is 161 Å². The smallest absolute Gasteiger partial charge is 0.241 e. The van der Waals surface area contributed by atoms with Gasteiger partial charge in [0.25, 0.3) is 0 Å². The molecule has 1 rings (SSSR count). The van der Waals surface area contributed by atoms with Crippen molar-refractivity contribution in [1.82, 2.24) is 9.62 Å². The van der Waals surface area contributed by atoms with Gasteiger partial charge in [-0.2, -0.15) is 0 Å². The maximum Gasteiger partial charge on any atom is 0.241 e. The molecule has 0 aliphatic heterocycles. The van der Waals surface area contributed by atoms with E-state index in [2.05, 4.69) is 4.72 Å². The third kappa shape index (κ3) is 6.64. The van der Waals surface area contributed by atoms with Crippen molar-refractivity contribution in [1.29, 1.82) is 0 Å². The van der Waals surface area contributed by atoms with Crippen molar-refractivity contribution in [3.63, 3.8) is 0 Å². The van der Waals surface area contributed by atoms with Crippen LogP contribution < -0.4 is 19.9 Å². The zero-order valence-corrected chi connectivity index (χ0v) is 17.2. The van der Waals surface area contributed by atoms with Crippen LogP contribution in [0.25, 0.3) is 0 Å². The maximum absolute atomic E-state index is 12.4. The standard InChI is InChI=1S/C16H27N3O5S.ClH/c1-5-23-14-8-7-13(9-15(14)24-6-2)25(21,22)18-11-16(20)19(4)12(3)10-17;/h7-9,12,18H,5-6,10-11,17H2,1-4H3;1H. The van der Waals surface area contributed by atoms with Gasteiger partial charge >= 0.3 is 0 Å². The molecule has 0 saturated carbocycles. The predicted molar refractivity (Wildman–Crippen MR) is 103 cm³/mol. The number of benzene rings is 1. The second-order valence-electron chi connectivity index (χ2n) is 5.39. The zero-order valence-electron chi connectivity index (χ0n) is 15.5. The van der Waals surface area contributed by atoms with Crippen LogP contribution in [0.5, 0.6) is 11.5 Å². The molecule has 1 unspecified atom stereocenters. The van der Waals surface area contributed by atoms with E-state index in [1.807, 2.05) is 6.92 Å². The molecule has 1 aromatic carbocycles. The van der Waals surface area contributed by atoms with E-state index in [9.17, 15) is 13.2 Å². The molecule has 3 N–H and O–H groups in total. The Balaban J connectivity index is 0.00000625. The quantitative estimate of drug-likeness (QED) is 0.596. The minimum absolute atomic E-state index is 0. The van der Waals surface area contributed by atoms with E-state index < -0.39 is 10.0 Å². The summed E-state index contributed by atoms with van der Waals surface area (Å²) in [4.78, 5) is 13.4. The van der Waals surface area contributed by atoms with E-state index in [4.69, 9.17) is 15.2 Å². The fourth-order valence-corrected chi connectivity index (χ4v) is 2.96. The Hall–Kier alpha value is -1.55. The number of sulfonamides is 1. The minimum Gasteiger partial charge on any atom is -0.490 e. The molecule has 0 aliphatic rings. The Bertz CT molecular complexity index is 684. The highest BCUT2D eigenvalue weighted by Crippen LogP contribution is 2.30. The van der Waals surface area contributed by atoms with Gasteiger partial charge in [0, 0.05) is 25.7 Å². The highest BCUT2D eigenvalue weighted by Gasteiger charge is 2.21. The number of nitrogens with zero attached hydrogens (tertiary/aromatic N) is 1. The van der Waals surface area contributed by atoms with Crippen molar-refractivity contribution >= 4 is 28.3 Å². The number of nitrogens with two attached hydrogens (primary N) is 1. The van der Waals surface area contributed by atoms with Crippen molar-refractivity contribution in [2.75, 3.05) is 33.4 Å². The lowest BCUT2D eigenvalue weighted by Gasteiger charge is -2.23. The van der Waals surface area contributed by atoms with Crippen LogP contribution >= 0.6 is 12.4 Å². The lowest BCUT2D eigenvalue weighted by Crippen LogP contribution is -2.44. The van der Waals surface area contributed by atoms with E-state index in [0.29, 0.717) is 31.3 Å². The van der Waals surface area contributed by atoms with Crippen LogP contribution in [0.15, 0.2) is 23.1 Å². The molecule has 1 amide bonds. The monoisotopic (exact) mass is 409 g/mol. The lowest BCUT2D eigenvalue weighted by molar-refractivity contribution is -0.130. The number of ether oxygens (including phenoxy) is 2. The number of hydrogen-bond acceptors (Lipinski definition) is 6. The molecule has 150 valence electrons. The van der Waals surface area contributed by atoms with Crippen LogP contribution in [0.3, 0.4) is 0 Å². The van der Waals surface area contributed by atoms with Crippen molar-refractivity contribution in [3.8, 4) is 11.5 Å². The first-order valence-electron chi connectivity index (χ1n) is 8.11. The van der Waals surface area contributed by atoms with Gasteiger partial charge in [0.15, 0.2) is 11.5 Å². The van der Waals surface area contributed by atoms with Crippen LogP contribution in [-0.4, -0.2) is 58.6 Å². The average molecular weight is 410 g/mol. The molecule has 26 heavy (non-hydrogen) atoms. The molecule has 0 saturated heterocycles. The number of carbonyl (C=O) groups excluding carboxylic acids is 1. The number of nitrogens with one attached hydrogen (secondary N) is 1. The normalized spacial score (nSPS) is 12.0. The van der Waals surface area contributed by atoms with Crippen molar-refractivity contribution < 1.29 is 22.7 Å². The first kappa shape index (κ1) is 24.5. The van der Waals surface area contributed by atoms with Crippen LogP contribution in [-0.2, 0) is 14.8 Å². The summed E-state index contributed by atoms with van der Waals surface area (Å²) in [6.07, 6.45) is 0. The molecule has 0 radical (unpaired) electrons. The summed E-state index contributed by atoms with van der Waals surface area (Å²) in [5.74, 6) is 0.445. The summed E-state index contributed by atoms with van der Waals surface area (Å²) < 4.78 is 38.0. The molecule has 1 atom stereocenters. The number of rotatable bonds is 10. The van der Waals surface area contributed by atoms with Gasteiger partial charge in [-0.25, -0.2) is 13.1 Å². The van der Waals surface area contributed by atoms with Crippen LogP contribution in [0.2, 0.25) is 0 Å². The first-order valence-corrected chi connectivity index (χ1v) is 9.60. The summed E-state index contributed by atoms with van der Waals surface area (Å²) >= 11 is 0. The third-order valence-electron chi connectivity index (χ3n) is 3.63. The molecule has 0 aliphatic carbocycles. The van der Waals surface area contributed by atoms with Crippen LogP contribution in [0.1, 0.15) is 20.8 Å². The molecule has 0 heterocycles. The summed E-state index contributed by atoms with van der Waals surface area (Å²) in [5, 5.41) is 0. The molecule has 0 bridgehead atoms. The average Bonchev–Trinajstić information content (AvgIpc) is 2.60. The largest absolute Gasteiger partial charge is 0.490 e. The van der Waals surface area contributed by atoms with Gasteiger partial charge < -0.3 is 20.1 Å².